The van der Waals surface area contributed by atoms with Crippen LogP contribution in [0.3, 0.4) is 0 Å². The molecule has 0 saturated carbocycles. The Hall–Kier alpha value is -1.92. The first kappa shape index (κ1) is 14.5. The van der Waals surface area contributed by atoms with E-state index in [1.807, 2.05) is 13.8 Å². The van der Waals surface area contributed by atoms with Crippen molar-refractivity contribution in [3.05, 3.63) is 12.2 Å². The van der Waals surface area contributed by atoms with Gasteiger partial charge < -0.3 is 10.2 Å². The maximum atomic E-state index is 12.6. The van der Waals surface area contributed by atoms with E-state index in [2.05, 4.69) is 15.4 Å². The number of hydrogen-bond acceptors (Lipinski definition) is 4. The lowest BCUT2D eigenvalue weighted by atomic mass is 9.91. The molecule has 1 unspecified atom stereocenters. The van der Waals surface area contributed by atoms with Gasteiger partial charge in [0.15, 0.2) is 0 Å². The first-order chi connectivity index (χ1) is 9.24. The van der Waals surface area contributed by atoms with E-state index in [4.69, 9.17) is 0 Å². The van der Waals surface area contributed by atoms with E-state index < -0.39 is 11.6 Å². The van der Waals surface area contributed by atoms with Crippen LogP contribution < -0.4 is 5.32 Å². The Balaban J connectivity index is 2.35. The van der Waals surface area contributed by atoms with Crippen LogP contribution >= 0.6 is 0 Å². The lowest BCUT2D eigenvalue weighted by Crippen LogP contribution is -2.68. The highest BCUT2D eigenvalue weighted by Gasteiger charge is 2.46. The van der Waals surface area contributed by atoms with E-state index in [0.29, 0.717) is 5.82 Å². The lowest BCUT2D eigenvalue weighted by Gasteiger charge is -2.44. The summed E-state index contributed by atoms with van der Waals surface area (Å²) < 4.78 is 1.62. The molecular formula is C13H21N5O2. The summed E-state index contributed by atoms with van der Waals surface area (Å²) in [5.41, 5.74) is -0.888. The average molecular weight is 279 g/mol. The monoisotopic (exact) mass is 279 g/mol. The molecule has 1 aliphatic heterocycles. The second kappa shape index (κ2) is 4.88. The SMILES string of the molecule is CC(C)C1C(=O)NC(C)(C)C(=O)N1Cc1ncnn1C. The molecule has 1 fully saturated rings. The fourth-order valence-electron chi connectivity index (χ4n) is 2.51. The number of amides is 2. The van der Waals surface area contributed by atoms with Gasteiger partial charge in [0, 0.05) is 7.05 Å². The van der Waals surface area contributed by atoms with Crippen LogP contribution in [0.4, 0.5) is 0 Å². The van der Waals surface area contributed by atoms with E-state index in [9.17, 15) is 9.59 Å². The van der Waals surface area contributed by atoms with Crippen LogP contribution in [0.2, 0.25) is 0 Å². The quantitative estimate of drug-likeness (QED) is 0.849. The van der Waals surface area contributed by atoms with E-state index >= 15 is 0 Å². The lowest BCUT2D eigenvalue weighted by molar-refractivity contribution is -0.156. The number of rotatable bonds is 3. The largest absolute Gasteiger partial charge is 0.340 e. The molecular weight excluding hydrogens is 258 g/mol. The molecule has 0 spiro atoms. The van der Waals surface area contributed by atoms with E-state index in [1.54, 1.807) is 30.5 Å². The predicted octanol–water partition coefficient (Wildman–Crippen LogP) is 0.0767. The second-order valence-corrected chi connectivity index (χ2v) is 6.04. The average Bonchev–Trinajstić information content (AvgIpc) is 2.70. The van der Waals surface area contributed by atoms with Gasteiger partial charge in [-0.3, -0.25) is 14.3 Å². The van der Waals surface area contributed by atoms with E-state index in [-0.39, 0.29) is 24.3 Å². The van der Waals surface area contributed by atoms with Crippen LogP contribution in [0, 0.1) is 5.92 Å². The summed E-state index contributed by atoms with van der Waals surface area (Å²) in [4.78, 5) is 30.6. The van der Waals surface area contributed by atoms with Crippen LogP contribution in [0.25, 0.3) is 0 Å². The van der Waals surface area contributed by atoms with Gasteiger partial charge in [-0.1, -0.05) is 13.8 Å². The summed E-state index contributed by atoms with van der Waals surface area (Å²) >= 11 is 0. The third-order valence-electron chi connectivity index (χ3n) is 3.58. The van der Waals surface area contributed by atoms with E-state index in [0.717, 1.165) is 0 Å². The molecule has 1 aromatic heterocycles. The van der Waals surface area contributed by atoms with Gasteiger partial charge in [0.25, 0.3) is 0 Å². The Morgan fingerprint density at radius 1 is 1.40 bits per heavy atom. The van der Waals surface area contributed by atoms with Gasteiger partial charge in [0.2, 0.25) is 11.8 Å². The molecule has 0 aromatic carbocycles. The van der Waals surface area contributed by atoms with Crippen LogP contribution in [0.15, 0.2) is 6.33 Å². The zero-order valence-electron chi connectivity index (χ0n) is 12.5. The summed E-state index contributed by atoms with van der Waals surface area (Å²) in [6.07, 6.45) is 1.44. The van der Waals surface area contributed by atoms with Gasteiger partial charge in [-0.05, 0) is 19.8 Å². The molecule has 1 saturated heterocycles. The van der Waals surface area contributed by atoms with Crippen molar-refractivity contribution >= 4 is 11.8 Å². The van der Waals surface area contributed by atoms with Gasteiger partial charge in [0.05, 0.1) is 6.54 Å². The van der Waals surface area contributed by atoms with Crippen molar-refractivity contribution in [2.45, 2.75) is 45.8 Å². The highest BCUT2D eigenvalue weighted by atomic mass is 16.2. The van der Waals surface area contributed by atoms with Crippen LogP contribution in [0.1, 0.15) is 33.5 Å². The Bertz CT molecular complexity index is 535. The molecule has 110 valence electrons. The summed E-state index contributed by atoms with van der Waals surface area (Å²) in [6.45, 7) is 7.58. The van der Waals surface area contributed by atoms with Crippen molar-refractivity contribution in [1.29, 1.82) is 0 Å². The minimum Gasteiger partial charge on any atom is -0.340 e. The highest BCUT2D eigenvalue weighted by Crippen LogP contribution is 2.24. The molecule has 0 aliphatic carbocycles. The smallest absolute Gasteiger partial charge is 0.248 e. The Kier molecular flexibility index (Phi) is 3.54. The number of aromatic nitrogens is 3. The Morgan fingerprint density at radius 3 is 2.55 bits per heavy atom. The Labute approximate surface area is 118 Å². The number of carbonyl (C=O) groups excluding carboxylic acids is 2. The molecule has 7 heteroatoms. The molecule has 2 heterocycles. The minimum atomic E-state index is -0.888. The predicted molar refractivity (Wildman–Crippen MR) is 72.4 cm³/mol. The van der Waals surface area contributed by atoms with Crippen LogP contribution in [0.5, 0.6) is 0 Å². The van der Waals surface area contributed by atoms with Gasteiger partial charge in [-0.2, -0.15) is 5.10 Å². The molecule has 0 radical (unpaired) electrons. The maximum Gasteiger partial charge on any atom is 0.248 e. The number of nitrogens with zero attached hydrogens (tertiary/aromatic N) is 4. The van der Waals surface area contributed by atoms with Gasteiger partial charge >= 0.3 is 0 Å². The molecule has 0 bridgehead atoms. The molecule has 2 rings (SSSR count). The summed E-state index contributed by atoms with van der Waals surface area (Å²) in [7, 11) is 1.77. The first-order valence-corrected chi connectivity index (χ1v) is 6.70. The zero-order valence-corrected chi connectivity index (χ0v) is 12.5. The molecule has 2 amide bonds. The molecule has 7 nitrogen and oxygen atoms in total. The fraction of sp³-hybridized carbons (Fsp3) is 0.692. The third-order valence-corrected chi connectivity index (χ3v) is 3.58. The molecule has 20 heavy (non-hydrogen) atoms. The summed E-state index contributed by atoms with van der Waals surface area (Å²) in [5, 5.41) is 6.79. The van der Waals surface area contributed by atoms with E-state index in [1.165, 1.54) is 6.33 Å². The zero-order chi connectivity index (χ0) is 15.1. The molecule has 1 aromatic rings. The van der Waals surface area contributed by atoms with Gasteiger partial charge in [-0.15, -0.1) is 0 Å². The molecule has 1 atom stereocenters. The molecule has 1 N–H and O–H groups in total. The van der Waals surface area contributed by atoms with Crippen LogP contribution in [-0.2, 0) is 23.2 Å². The summed E-state index contributed by atoms with van der Waals surface area (Å²) in [5.74, 6) is 0.475. The van der Waals surface area contributed by atoms with Crippen molar-refractivity contribution in [3.63, 3.8) is 0 Å². The number of nitrogens with one attached hydrogen (secondary N) is 1. The van der Waals surface area contributed by atoms with Gasteiger partial charge in [-0.25, -0.2) is 4.98 Å². The van der Waals surface area contributed by atoms with Crippen molar-refractivity contribution in [1.82, 2.24) is 25.0 Å². The van der Waals surface area contributed by atoms with Crippen LogP contribution in [-0.4, -0.2) is 43.1 Å². The summed E-state index contributed by atoms with van der Waals surface area (Å²) in [6, 6.07) is -0.479. The third kappa shape index (κ3) is 2.39. The maximum absolute atomic E-state index is 12.6. The Morgan fingerprint density at radius 2 is 2.05 bits per heavy atom. The topological polar surface area (TPSA) is 80.1 Å². The first-order valence-electron chi connectivity index (χ1n) is 6.70. The van der Waals surface area contributed by atoms with Crippen molar-refractivity contribution in [2.24, 2.45) is 13.0 Å². The number of hydrogen-bond donors (Lipinski definition) is 1. The number of piperazine rings is 1. The molecule has 1 aliphatic rings. The van der Waals surface area contributed by atoms with Gasteiger partial charge in [0.1, 0.15) is 23.7 Å². The second-order valence-electron chi connectivity index (χ2n) is 6.04. The highest BCUT2D eigenvalue weighted by molar-refractivity contribution is 5.99. The van der Waals surface area contributed by atoms with Crippen molar-refractivity contribution < 1.29 is 9.59 Å². The number of carbonyl (C=O) groups is 2. The standard InChI is InChI=1S/C13H21N5O2/c1-8(2)10-11(19)16-13(3,4)12(20)18(10)6-9-14-7-15-17(9)5/h7-8,10H,6H2,1-5H3,(H,16,19). The number of aryl methyl sites for hydroxylation is 1. The van der Waals surface area contributed by atoms with Crippen molar-refractivity contribution in [3.8, 4) is 0 Å². The fourth-order valence-corrected chi connectivity index (χ4v) is 2.51. The normalized spacial score (nSPS) is 22.3. The minimum absolute atomic E-state index is 0.0308. The van der Waals surface area contributed by atoms with Crippen molar-refractivity contribution in [2.75, 3.05) is 0 Å².